The number of nitrogens with one attached hydrogen (secondary N) is 1. The summed E-state index contributed by atoms with van der Waals surface area (Å²) < 4.78 is 11.4. The predicted molar refractivity (Wildman–Crippen MR) is 96.0 cm³/mol. The van der Waals surface area contributed by atoms with Gasteiger partial charge in [-0.25, -0.2) is 0 Å². The zero-order chi connectivity index (χ0) is 18.1. The largest absolute Gasteiger partial charge is 0.493 e. The Morgan fingerprint density at radius 3 is 2.73 bits per heavy atom. The summed E-state index contributed by atoms with van der Waals surface area (Å²) in [6.45, 7) is 0.802. The van der Waals surface area contributed by atoms with Crippen molar-refractivity contribution in [2.45, 2.75) is 32.0 Å². The van der Waals surface area contributed by atoms with Gasteiger partial charge < -0.3 is 19.7 Å². The van der Waals surface area contributed by atoms with E-state index in [4.69, 9.17) is 9.47 Å². The van der Waals surface area contributed by atoms with E-state index in [1.54, 1.807) is 18.1 Å². The molecule has 4 rings (SSSR count). The fraction of sp³-hybridized carbons (Fsp3) is 0.300. The molecule has 2 aliphatic heterocycles. The van der Waals surface area contributed by atoms with E-state index in [2.05, 4.69) is 5.32 Å². The molecule has 6 heteroatoms. The molecular formula is C20H20N2O4. The summed E-state index contributed by atoms with van der Waals surface area (Å²) in [5, 5.41) is 2.92. The van der Waals surface area contributed by atoms with Crippen LogP contribution in [0.5, 0.6) is 11.5 Å². The lowest BCUT2D eigenvalue weighted by Gasteiger charge is -2.20. The molecule has 0 unspecified atom stereocenters. The van der Waals surface area contributed by atoms with Crippen molar-refractivity contribution >= 4 is 17.5 Å². The Bertz CT molecular complexity index is 850. The van der Waals surface area contributed by atoms with Crippen LogP contribution in [0.15, 0.2) is 42.5 Å². The van der Waals surface area contributed by atoms with Gasteiger partial charge in [-0.15, -0.1) is 0 Å². The van der Waals surface area contributed by atoms with E-state index in [1.807, 2.05) is 36.4 Å². The summed E-state index contributed by atoms with van der Waals surface area (Å²) in [5.74, 6) is 1.01. The highest BCUT2D eigenvalue weighted by Gasteiger charge is 2.38. The lowest BCUT2D eigenvalue weighted by molar-refractivity contribution is -0.133. The molecule has 1 fully saturated rings. The molecule has 0 aliphatic carbocycles. The Morgan fingerprint density at radius 1 is 1.15 bits per heavy atom. The van der Waals surface area contributed by atoms with Crippen LogP contribution in [0.2, 0.25) is 0 Å². The second-order valence-corrected chi connectivity index (χ2v) is 6.50. The van der Waals surface area contributed by atoms with Crippen LogP contribution in [-0.4, -0.2) is 29.9 Å². The number of carbonyl (C=O) groups is 2. The van der Waals surface area contributed by atoms with E-state index in [1.165, 1.54) is 0 Å². The van der Waals surface area contributed by atoms with Gasteiger partial charge in [-0.3, -0.25) is 9.59 Å². The number of hydrogen-bond acceptors (Lipinski definition) is 4. The summed E-state index contributed by atoms with van der Waals surface area (Å²) in [6, 6.07) is 13.1. The van der Waals surface area contributed by atoms with Crippen molar-refractivity contribution < 1.29 is 19.1 Å². The second kappa shape index (κ2) is 6.71. The molecule has 2 aromatic carbocycles. The minimum Gasteiger partial charge on any atom is -0.493 e. The van der Waals surface area contributed by atoms with Crippen molar-refractivity contribution in [2.24, 2.45) is 0 Å². The van der Waals surface area contributed by atoms with Gasteiger partial charge in [-0.1, -0.05) is 30.3 Å². The van der Waals surface area contributed by atoms with E-state index < -0.39 is 6.04 Å². The molecule has 26 heavy (non-hydrogen) atoms. The van der Waals surface area contributed by atoms with Gasteiger partial charge in [-0.05, 0) is 23.6 Å². The first-order valence-electron chi connectivity index (χ1n) is 8.63. The second-order valence-electron chi connectivity index (χ2n) is 6.50. The number of amides is 2. The number of nitrogens with zero attached hydrogens (tertiary/aromatic N) is 1. The van der Waals surface area contributed by atoms with Crippen LogP contribution < -0.4 is 14.8 Å². The molecule has 0 bridgehead atoms. The van der Waals surface area contributed by atoms with E-state index in [-0.39, 0.29) is 11.8 Å². The Kier molecular flexibility index (Phi) is 4.24. The zero-order valence-corrected chi connectivity index (χ0v) is 14.5. The average molecular weight is 352 g/mol. The number of benzene rings is 2. The predicted octanol–water partition coefficient (Wildman–Crippen LogP) is 2.72. The topological polar surface area (TPSA) is 67.9 Å². The summed E-state index contributed by atoms with van der Waals surface area (Å²) in [6.07, 6.45) is 0.980. The first-order valence-corrected chi connectivity index (χ1v) is 8.63. The molecule has 0 spiro atoms. The van der Waals surface area contributed by atoms with E-state index in [9.17, 15) is 9.59 Å². The van der Waals surface area contributed by atoms with Crippen LogP contribution in [0.1, 0.15) is 24.0 Å². The van der Waals surface area contributed by atoms with Gasteiger partial charge in [-0.2, -0.15) is 0 Å². The van der Waals surface area contributed by atoms with Crippen LogP contribution in [-0.2, 0) is 22.7 Å². The molecule has 2 aliphatic rings. The number of methoxy groups -OCH3 is 1. The van der Waals surface area contributed by atoms with Crippen molar-refractivity contribution in [3.05, 3.63) is 53.6 Å². The highest BCUT2D eigenvalue weighted by atomic mass is 16.5. The highest BCUT2D eigenvalue weighted by Crippen LogP contribution is 2.37. The molecule has 6 nitrogen and oxygen atoms in total. The molecule has 2 amide bonds. The molecule has 0 aromatic heterocycles. The van der Waals surface area contributed by atoms with Crippen molar-refractivity contribution in [1.82, 2.24) is 4.90 Å². The Morgan fingerprint density at radius 2 is 1.96 bits per heavy atom. The maximum atomic E-state index is 12.4. The van der Waals surface area contributed by atoms with E-state index in [0.29, 0.717) is 43.2 Å². The monoisotopic (exact) mass is 352 g/mol. The summed E-state index contributed by atoms with van der Waals surface area (Å²) in [4.78, 5) is 26.2. The van der Waals surface area contributed by atoms with Crippen molar-refractivity contribution in [3.63, 3.8) is 0 Å². The Balaban J connectivity index is 1.64. The van der Waals surface area contributed by atoms with Gasteiger partial charge in [0.25, 0.3) is 0 Å². The first kappa shape index (κ1) is 16.4. The zero-order valence-electron chi connectivity index (χ0n) is 14.5. The molecule has 1 saturated heterocycles. The first-order chi connectivity index (χ1) is 12.7. The number of anilines is 1. The van der Waals surface area contributed by atoms with Crippen molar-refractivity contribution in [1.29, 1.82) is 0 Å². The minimum absolute atomic E-state index is 0.0144. The third-order valence-corrected chi connectivity index (χ3v) is 4.86. The van der Waals surface area contributed by atoms with Crippen LogP contribution in [0.4, 0.5) is 5.69 Å². The fourth-order valence-corrected chi connectivity index (χ4v) is 3.46. The van der Waals surface area contributed by atoms with Gasteiger partial charge in [0, 0.05) is 24.7 Å². The standard InChI is InChI=1S/C20H20N2O4/c1-25-17-10-15-14(9-18(17)26-12-13-5-3-2-4-6-13)11-22-16(20(24)21-15)7-8-19(22)23/h2-6,9-10,16H,7-8,11-12H2,1H3,(H,21,24)/t16-/m1/s1. The number of carbonyl (C=O) groups excluding carboxylic acids is 2. The van der Waals surface area contributed by atoms with Crippen LogP contribution >= 0.6 is 0 Å². The van der Waals surface area contributed by atoms with E-state index >= 15 is 0 Å². The maximum Gasteiger partial charge on any atom is 0.247 e. The van der Waals surface area contributed by atoms with E-state index in [0.717, 1.165) is 11.1 Å². The third kappa shape index (κ3) is 2.98. The fourth-order valence-electron chi connectivity index (χ4n) is 3.46. The number of fused-ring (bicyclic) bond motifs is 2. The molecule has 2 heterocycles. The average Bonchev–Trinajstić information content (AvgIpc) is 2.95. The lowest BCUT2D eigenvalue weighted by atomic mass is 10.1. The number of ether oxygens (including phenoxy) is 2. The number of rotatable bonds is 4. The van der Waals surface area contributed by atoms with Gasteiger partial charge in [0.15, 0.2) is 11.5 Å². The van der Waals surface area contributed by atoms with Crippen molar-refractivity contribution in [3.8, 4) is 11.5 Å². The molecular weight excluding hydrogens is 332 g/mol. The molecule has 134 valence electrons. The Hall–Kier alpha value is -3.02. The normalized spacial score (nSPS) is 18.7. The van der Waals surface area contributed by atoms with Crippen LogP contribution in [0.25, 0.3) is 0 Å². The molecule has 0 saturated carbocycles. The highest BCUT2D eigenvalue weighted by molar-refractivity contribution is 6.00. The molecule has 1 atom stereocenters. The van der Waals surface area contributed by atoms with Gasteiger partial charge in [0.2, 0.25) is 11.8 Å². The molecule has 2 aromatic rings. The van der Waals surface area contributed by atoms with Crippen LogP contribution in [0, 0.1) is 0 Å². The Labute approximate surface area is 151 Å². The van der Waals surface area contributed by atoms with Gasteiger partial charge in [0.05, 0.1) is 7.11 Å². The van der Waals surface area contributed by atoms with Crippen LogP contribution in [0.3, 0.4) is 0 Å². The van der Waals surface area contributed by atoms with Crippen molar-refractivity contribution in [2.75, 3.05) is 12.4 Å². The molecule has 1 N–H and O–H groups in total. The van der Waals surface area contributed by atoms with Gasteiger partial charge in [0.1, 0.15) is 12.6 Å². The molecule has 0 radical (unpaired) electrons. The SMILES string of the molecule is COc1cc2c(cc1OCc1ccccc1)CN1C(=O)CC[C@@H]1C(=O)N2. The third-order valence-electron chi connectivity index (χ3n) is 4.86. The smallest absolute Gasteiger partial charge is 0.247 e. The summed E-state index contributed by atoms with van der Waals surface area (Å²) >= 11 is 0. The summed E-state index contributed by atoms with van der Waals surface area (Å²) in [5.41, 5.74) is 2.56. The lowest BCUT2D eigenvalue weighted by Crippen LogP contribution is -2.38. The number of hydrogen-bond donors (Lipinski definition) is 1. The van der Waals surface area contributed by atoms with Gasteiger partial charge >= 0.3 is 0 Å². The minimum atomic E-state index is -0.394. The summed E-state index contributed by atoms with van der Waals surface area (Å²) in [7, 11) is 1.57. The maximum absolute atomic E-state index is 12.4. The quantitative estimate of drug-likeness (QED) is 0.919.